The molecule has 0 heterocycles. The predicted molar refractivity (Wildman–Crippen MR) is 151 cm³/mol. The largest absolute Gasteiger partial charge is 0.453 e. The second-order valence-electron chi connectivity index (χ2n) is 14.1. The number of aliphatic hydroxyl groups is 1. The molecule has 0 spiro atoms. The second-order valence-corrected chi connectivity index (χ2v) is 15.3. The Balaban J connectivity index is 1.24. The summed E-state index contributed by atoms with van der Waals surface area (Å²) >= 11 is 1.47. The molecule has 40 heavy (non-hydrogen) atoms. The molecule has 4 rings (SSSR count). The van der Waals surface area contributed by atoms with E-state index in [1.807, 2.05) is 13.0 Å². The fourth-order valence-corrected chi connectivity index (χ4v) is 9.99. The van der Waals surface area contributed by atoms with Gasteiger partial charge in [0.2, 0.25) is 0 Å². The van der Waals surface area contributed by atoms with Crippen LogP contribution in [0.1, 0.15) is 117 Å². The van der Waals surface area contributed by atoms with E-state index in [4.69, 9.17) is 0 Å². The first-order valence-corrected chi connectivity index (χ1v) is 16.8. The Kier molecular flexibility index (Phi) is 9.82. The minimum Gasteiger partial charge on any atom is -0.390 e. The van der Waals surface area contributed by atoms with Crippen molar-refractivity contribution in [1.82, 2.24) is 0 Å². The fraction of sp³-hybridized carbons (Fsp3) is 0.906. The minimum absolute atomic E-state index is 0.0329. The van der Waals surface area contributed by atoms with E-state index in [2.05, 4.69) is 13.8 Å². The van der Waals surface area contributed by atoms with Crippen molar-refractivity contribution in [3.8, 4) is 0 Å². The molecule has 0 aromatic heterocycles. The Morgan fingerprint density at radius 3 is 2.27 bits per heavy atom. The number of carbonyl (C=O) groups is 1. The van der Waals surface area contributed by atoms with Crippen molar-refractivity contribution < 1.29 is 31.9 Å². The minimum atomic E-state index is -5.45. The summed E-state index contributed by atoms with van der Waals surface area (Å²) in [5.41, 5.74) is 0.859. The molecule has 1 N–H and O–H groups in total. The van der Waals surface area contributed by atoms with E-state index in [0.29, 0.717) is 35.8 Å². The molecule has 0 aliphatic heterocycles. The van der Waals surface area contributed by atoms with E-state index >= 15 is 0 Å². The topological polar surface area (TPSA) is 37.3 Å². The molecule has 3 saturated carbocycles. The molecule has 4 aliphatic rings. The molecule has 230 valence electrons. The molecule has 4 unspecified atom stereocenters. The SMILES string of the molecule is C[C@]12CCC(=O)C=C1CC(CCCCCCCSCCCC(F)(F)C(F)(F)F)C1C2CC[C@@]2(C)C1CC[C@]2(C)O. The molecule has 7 atom stereocenters. The molecule has 0 amide bonds. The van der Waals surface area contributed by atoms with Crippen LogP contribution in [-0.4, -0.2) is 40.1 Å². The van der Waals surface area contributed by atoms with Crippen molar-refractivity contribution in [3.63, 3.8) is 0 Å². The molecule has 8 heteroatoms. The summed E-state index contributed by atoms with van der Waals surface area (Å²) in [6.07, 6.45) is 8.62. The van der Waals surface area contributed by atoms with E-state index < -0.39 is 24.1 Å². The zero-order valence-electron chi connectivity index (χ0n) is 24.6. The van der Waals surface area contributed by atoms with Crippen molar-refractivity contribution in [2.75, 3.05) is 11.5 Å². The molecule has 4 aliphatic carbocycles. The van der Waals surface area contributed by atoms with E-state index in [1.54, 1.807) is 0 Å². The van der Waals surface area contributed by atoms with Gasteiger partial charge in [-0.05, 0) is 117 Å². The van der Waals surface area contributed by atoms with Gasteiger partial charge in [0.1, 0.15) is 0 Å². The lowest BCUT2D eigenvalue weighted by Crippen LogP contribution is -2.56. The van der Waals surface area contributed by atoms with Crippen LogP contribution >= 0.6 is 11.8 Å². The molecular weight excluding hydrogens is 543 g/mol. The Hall–Kier alpha value is -0.630. The standard InChI is InChI=1S/C32H49F5O2S/c1-28-15-11-24(38)21-23(28)20-22(27-25(28)12-16-29(2)26(27)13-17-30(29,3)39)10-7-5-4-6-8-18-40-19-9-14-31(33,34)32(35,36)37/h21-22,25-27,39H,4-20H2,1-3H3/t22?,25?,26?,27?,28-,29-,30-/m0/s1. The Morgan fingerprint density at radius 2 is 1.55 bits per heavy atom. The van der Waals surface area contributed by atoms with Gasteiger partial charge in [-0.25, -0.2) is 0 Å². The smallest absolute Gasteiger partial charge is 0.390 e. The number of thioether (sulfide) groups is 1. The number of halogens is 5. The third kappa shape index (κ3) is 6.33. The summed E-state index contributed by atoms with van der Waals surface area (Å²) in [5, 5.41) is 11.4. The average Bonchev–Trinajstić information content (AvgIpc) is 3.11. The number of fused-ring (bicyclic) bond motifs is 5. The monoisotopic (exact) mass is 592 g/mol. The summed E-state index contributed by atoms with van der Waals surface area (Å²) < 4.78 is 62.7. The summed E-state index contributed by atoms with van der Waals surface area (Å²) in [7, 11) is 0. The zero-order chi connectivity index (χ0) is 29.4. The summed E-state index contributed by atoms with van der Waals surface area (Å²) in [5.74, 6) is -0.893. The van der Waals surface area contributed by atoms with Gasteiger partial charge in [-0.2, -0.15) is 33.7 Å². The number of hydrogen-bond acceptors (Lipinski definition) is 3. The van der Waals surface area contributed by atoms with E-state index in [9.17, 15) is 31.9 Å². The lowest BCUT2D eigenvalue weighted by atomic mass is 9.44. The van der Waals surface area contributed by atoms with E-state index in [-0.39, 0.29) is 23.0 Å². The van der Waals surface area contributed by atoms with Crippen LogP contribution in [0.3, 0.4) is 0 Å². The van der Waals surface area contributed by atoms with Crippen molar-refractivity contribution in [2.24, 2.45) is 34.5 Å². The molecule has 0 radical (unpaired) electrons. The maximum atomic E-state index is 13.0. The van der Waals surface area contributed by atoms with Crippen LogP contribution in [0.5, 0.6) is 0 Å². The molecule has 0 aromatic rings. The van der Waals surface area contributed by atoms with Gasteiger partial charge in [0.25, 0.3) is 0 Å². The zero-order valence-corrected chi connectivity index (χ0v) is 25.4. The van der Waals surface area contributed by atoms with Gasteiger partial charge in [0, 0.05) is 12.8 Å². The van der Waals surface area contributed by atoms with Crippen LogP contribution in [0.25, 0.3) is 0 Å². The molecule has 0 aromatic carbocycles. The van der Waals surface area contributed by atoms with Crippen LogP contribution in [0.4, 0.5) is 22.0 Å². The van der Waals surface area contributed by atoms with Crippen molar-refractivity contribution in [1.29, 1.82) is 0 Å². The van der Waals surface area contributed by atoms with Gasteiger partial charge in [-0.15, -0.1) is 0 Å². The van der Waals surface area contributed by atoms with Gasteiger partial charge in [0.15, 0.2) is 5.78 Å². The van der Waals surface area contributed by atoms with E-state index in [0.717, 1.165) is 82.8 Å². The third-order valence-corrected chi connectivity index (χ3v) is 12.9. The highest BCUT2D eigenvalue weighted by atomic mass is 32.2. The fourth-order valence-electron chi connectivity index (χ4n) is 9.03. The maximum Gasteiger partial charge on any atom is 0.453 e. The first-order valence-electron chi connectivity index (χ1n) is 15.6. The average molecular weight is 593 g/mol. The molecule has 0 bridgehead atoms. The van der Waals surface area contributed by atoms with Crippen molar-refractivity contribution in [3.05, 3.63) is 11.6 Å². The number of rotatable bonds is 12. The first-order chi connectivity index (χ1) is 18.6. The summed E-state index contributed by atoms with van der Waals surface area (Å²) in [6.45, 7) is 6.79. The molecule has 2 nitrogen and oxygen atoms in total. The number of unbranched alkanes of at least 4 members (excludes halogenated alkanes) is 4. The first kappa shape index (κ1) is 32.3. The number of alkyl halides is 5. The Labute approximate surface area is 241 Å². The third-order valence-electron chi connectivity index (χ3n) is 11.8. The van der Waals surface area contributed by atoms with Gasteiger partial charge >= 0.3 is 12.1 Å². The van der Waals surface area contributed by atoms with Crippen LogP contribution in [0, 0.1) is 34.5 Å². The van der Waals surface area contributed by atoms with Crippen molar-refractivity contribution in [2.45, 2.75) is 135 Å². The van der Waals surface area contributed by atoms with Gasteiger partial charge < -0.3 is 5.11 Å². The van der Waals surface area contributed by atoms with Crippen LogP contribution in [0.2, 0.25) is 0 Å². The molecule has 3 fully saturated rings. The summed E-state index contributed by atoms with van der Waals surface area (Å²) in [6, 6.07) is 0. The van der Waals surface area contributed by atoms with E-state index in [1.165, 1.54) is 17.3 Å². The van der Waals surface area contributed by atoms with Gasteiger partial charge in [-0.3, -0.25) is 4.79 Å². The van der Waals surface area contributed by atoms with Gasteiger partial charge in [-0.1, -0.05) is 45.1 Å². The second kappa shape index (κ2) is 12.2. The van der Waals surface area contributed by atoms with Crippen LogP contribution in [0.15, 0.2) is 11.6 Å². The Bertz CT molecular complexity index is 931. The molecular formula is C32H49F5O2S. The Morgan fingerprint density at radius 1 is 0.900 bits per heavy atom. The van der Waals surface area contributed by atoms with Crippen LogP contribution < -0.4 is 0 Å². The predicted octanol–water partition coefficient (Wildman–Crippen LogP) is 9.55. The van der Waals surface area contributed by atoms with Crippen LogP contribution in [-0.2, 0) is 4.79 Å². The normalized spacial score (nSPS) is 38.0. The summed E-state index contributed by atoms with van der Waals surface area (Å²) in [4.78, 5) is 12.4. The lowest BCUT2D eigenvalue weighted by Gasteiger charge is -2.61. The number of hydrogen-bond donors (Lipinski definition) is 1. The quantitative estimate of drug-likeness (QED) is 0.181. The lowest BCUT2D eigenvalue weighted by molar-refractivity contribution is -0.284. The highest BCUT2D eigenvalue weighted by Crippen LogP contribution is 2.69. The number of allylic oxidation sites excluding steroid dienone is 1. The number of carbonyl (C=O) groups excluding carboxylic acids is 1. The maximum absolute atomic E-state index is 13.0. The highest BCUT2D eigenvalue weighted by molar-refractivity contribution is 7.99. The highest BCUT2D eigenvalue weighted by Gasteiger charge is 2.64. The number of ketones is 1. The van der Waals surface area contributed by atoms with Crippen molar-refractivity contribution >= 4 is 17.5 Å². The van der Waals surface area contributed by atoms with Gasteiger partial charge in [0.05, 0.1) is 5.60 Å². The molecule has 0 saturated heterocycles.